The Kier molecular flexibility index (Phi) is 3.10. The third-order valence-electron chi connectivity index (χ3n) is 2.95. The van der Waals surface area contributed by atoms with Crippen molar-refractivity contribution in [2.24, 2.45) is 0 Å². The maximum Gasteiger partial charge on any atom is 0.180 e. The van der Waals surface area contributed by atoms with Crippen LogP contribution in [-0.4, -0.2) is 26.5 Å². The van der Waals surface area contributed by atoms with Gasteiger partial charge in [-0.3, -0.25) is 0 Å². The number of anilines is 1. The predicted octanol–water partition coefficient (Wildman–Crippen LogP) is 2.32. The first-order valence-electron chi connectivity index (χ1n) is 6.26. The Morgan fingerprint density at radius 2 is 2.05 bits per heavy atom. The minimum Gasteiger partial charge on any atom is -0.385 e. The number of nitrogens with zero attached hydrogens (tertiary/aromatic N) is 3. The lowest BCUT2D eigenvalue weighted by Crippen LogP contribution is -2.05. The average Bonchev–Trinajstić information content (AvgIpc) is 2.83. The van der Waals surface area contributed by atoms with E-state index in [1.54, 1.807) is 6.20 Å². The van der Waals surface area contributed by atoms with Gasteiger partial charge in [-0.05, 0) is 19.1 Å². The highest BCUT2D eigenvalue weighted by Gasteiger charge is 2.02. The molecule has 3 rings (SSSR count). The van der Waals surface area contributed by atoms with Crippen LogP contribution in [0.3, 0.4) is 0 Å². The first kappa shape index (κ1) is 11.6. The molecule has 5 heteroatoms. The summed E-state index contributed by atoms with van der Waals surface area (Å²) in [5.74, 6) is 0.926. The Balaban J connectivity index is 1.61. The molecule has 0 radical (unpaired) electrons. The normalized spacial score (nSPS) is 10.8. The van der Waals surface area contributed by atoms with Gasteiger partial charge in [0.1, 0.15) is 17.7 Å². The lowest BCUT2D eigenvalue weighted by molar-refractivity contribution is 0.933. The van der Waals surface area contributed by atoms with Gasteiger partial charge >= 0.3 is 0 Å². The van der Waals surface area contributed by atoms with Crippen LogP contribution in [0, 0.1) is 6.92 Å². The second kappa shape index (κ2) is 5.06. The highest BCUT2D eigenvalue weighted by molar-refractivity contribution is 5.68. The van der Waals surface area contributed by atoms with Crippen molar-refractivity contribution in [3.05, 3.63) is 48.2 Å². The second-order valence-electron chi connectivity index (χ2n) is 4.49. The summed E-state index contributed by atoms with van der Waals surface area (Å²) in [6, 6.07) is 8.36. The van der Waals surface area contributed by atoms with Gasteiger partial charge in [0.2, 0.25) is 0 Å². The van der Waals surface area contributed by atoms with Crippen LogP contribution < -0.4 is 5.32 Å². The van der Waals surface area contributed by atoms with E-state index in [-0.39, 0.29) is 0 Å². The van der Waals surface area contributed by atoms with Crippen LogP contribution in [0.1, 0.15) is 11.4 Å². The van der Waals surface area contributed by atoms with E-state index < -0.39 is 0 Å². The van der Waals surface area contributed by atoms with E-state index in [2.05, 4.69) is 56.4 Å². The van der Waals surface area contributed by atoms with Crippen LogP contribution in [0.5, 0.6) is 0 Å². The zero-order valence-corrected chi connectivity index (χ0v) is 10.7. The molecule has 2 aromatic heterocycles. The molecule has 0 bridgehead atoms. The summed E-state index contributed by atoms with van der Waals surface area (Å²) in [6.07, 6.45) is 4.08. The van der Waals surface area contributed by atoms with Gasteiger partial charge in [-0.1, -0.05) is 17.7 Å². The molecule has 0 saturated carbocycles. The summed E-state index contributed by atoms with van der Waals surface area (Å²) in [7, 11) is 0. The predicted molar refractivity (Wildman–Crippen MR) is 75.1 cm³/mol. The molecule has 0 saturated heterocycles. The molecular weight excluding hydrogens is 238 g/mol. The Bertz CT molecular complexity index is 639. The van der Waals surface area contributed by atoms with Crippen molar-refractivity contribution < 1.29 is 0 Å². The number of aromatic nitrogens is 4. The van der Waals surface area contributed by atoms with Crippen LogP contribution in [-0.2, 0) is 6.42 Å². The van der Waals surface area contributed by atoms with Crippen molar-refractivity contribution >= 4 is 16.9 Å². The summed E-state index contributed by atoms with van der Waals surface area (Å²) in [6.45, 7) is 2.91. The summed E-state index contributed by atoms with van der Waals surface area (Å²) < 4.78 is 0. The number of benzene rings is 1. The highest BCUT2D eigenvalue weighted by Crippen LogP contribution is 2.09. The number of rotatable bonds is 4. The van der Waals surface area contributed by atoms with Crippen molar-refractivity contribution in [2.45, 2.75) is 13.3 Å². The maximum absolute atomic E-state index is 4.41. The summed E-state index contributed by atoms with van der Waals surface area (Å²) in [5.41, 5.74) is 4.00. The average molecular weight is 253 g/mol. The number of fused-ring (bicyclic) bond motifs is 1. The number of aromatic amines is 1. The Morgan fingerprint density at radius 3 is 2.84 bits per heavy atom. The molecule has 0 spiro atoms. The monoisotopic (exact) mass is 253 g/mol. The molecule has 96 valence electrons. The first-order chi connectivity index (χ1) is 9.31. The number of aryl methyl sites for hydroxylation is 1. The number of hydrogen-bond donors (Lipinski definition) is 2. The zero-order chi connectivity index (χ0) is 13.1. The molecule has 0 unspecified atom stereocenters. The van der Waals surface area contributed by atoms with Crippen molar-refractivity contribution in [1.82, 2.24) is 19.9 Å². The smallest absolute Gasteiger partial charge is 0.180 e. The molecule has 0 fully saturated rings. The van der Waals surface area contributed by atoms with Gasteiger partial charge in [-0.15, -0.1) is 0 Å². The summed E-state index contributed by atoms with van der Waals surface area (Å²) >= 11 is 0. The molecule has 0 amide bonds. The minimum atomic E-state index is 0.723. The van der Waals surface area contributed by atoms with E-state index >= 15 is 0 Å². The fourth-order valence-corrected chi connectivity index (χ4v) is 1.93. The van der Waals surface area contributed by atoms with Crippen molar-refractivity contribution in [3.63, 3.8) is 0 Å². The van der Waals surface area contributed by atoms with E-state index in [0.29, 0.717) is 0 Å². The molecule has 3 aromatic rings. The fraction of sp³-hybridized carbons (Fsp3) is 0.214. The van der Waals surface area contributed by atoms with E-state index in [0.717, 1.165) is 35.6 Å². The molecule has 0 aliphatic rings. The first-order valence-corrected chi connectivity index (χ1v) is 6.26. The molecule has 0 aliphatic heterocycles. The quantitative estimate of drug-likeness (QED) is 0.748. The van der Waals surface area contributed by atoms with Gasteiger partial charge in [-0.2, -0.15) is 0 Å². The van der Waals surface area contributed by atoms with E-state index in [1.807, 2.05) is 0 Å². The minimum absolute atomic E-state index is 0.723. The lowest BCUT2D eigenvalue weighted by atomic mass is 10.2. The Hall–Kier alpha value is -2.43. The highest BCUT2D eigenvalue weighted by atomic mass is 15.0. The van der Waals surface area contributed by atoms with Crippen LogP contribution in [0.4, 0.5) is 5.69 Å². The van der Waals surface area contributed by atoms with Crippen molar-refractivity contribution in [3.8, 4) is 0 Å². The standard InChI is InChI=1S/C14H15N5/c1-10-2-4-11(5-3-10)16-7-6-13-18-12-8-15-9-17-14(12)19-13/h2-5,8-9,16H,6-7H2,1H3,(H,15,17,18,19). The van der Waals surface area contributed by atoms with Crippen LogP contribution in [0.25, 0.3) is 11.2 Å². The third-order valence-corrected chi connectivity index (χ3v) is 2.95. The molecule has 2 N–H and O–H groups in total. The van der Waals surface area contributed by atoms with E-state index in [1.165, 1.54) is 11.9 Å². The van der Waals surface area contributed by atoms with Crippen molar-refractivity contribution in [2.75, 3.05) is 11.9 Å². The molecule has 5 nitrogen and oxygen atoms in total. The number of hydrogen-bond acceptors (Lipinski definition) is 4. The van der Waals surface area contributed by atoms with Crippen LogP contribution >= 0.6 is 0 Å². The molecule has 1 aromatic carbocycles. The van der Waals surface area contributed by atoms with E-state index in [9.17, 15) is 0 Å². The second-order valence-corrected chi connectivity index (χ2v) is 4.49. The van der Waals surface area contributed by atoms with Gasteiger partial charge in [0, 0.05) is 18.7 Å². The fourth-order valence-electron chi connectivity index (χ4n) is 1.93. The van der Waals surface area contributed by atoms with Gasteiger partial charge in [0.05, 0.1) is 6.20 Å². The SMILES string of the molecule is Cc1ccc(NCCc2nc3ncncc3[nH]2)cc1. The van der Waals surface area contributed by atoms with Gasteiger partial charge in [-0.25, -0.2) is 15.0 Å². The molecule has 2 heterocycles. The van der Waals surface area contributed by atoms with Crippen LogP contribution in [0.2, 0.25) is 0 Å². The van der Waals surface area contributed by atoms with Crippen molar-refractivity contribution in [1.29, 1.82) is 0 Å². The zero-order valence-electron chi connectivity index (χ0n) is 10.7. The molecule has 19 heavy (non-hydrogen) atoms. The topological polar surface area (TPSA) is 66.5 Å². The summed E-state index contributed by atoms with van der Waals surface area (Å²) in [4.78, 5) is 15.7. The Morgan fingerprint density at radius 1 is 1.21 bits per heavy atom. The number of H-pyrrole nitrogens is 1. The van der Waals surface area contributed by atoms with E-state index in [4.69, 9.17) is 0 Å². The third kappa shape index (κ3) is 2.70. The molecule has 0 atom stereocenters. The number of imidazole rings is 1. The van der Waals surface area contributed by atoms with Gasteiger partial charge in [0.15, 0.2) is 5.65 Å². The Labute approximate surface area is 111 Å². The van der Waals surface area contributed by atoms with Gasteiger partial charge < -0.3 is 10.3 Å². The molecule has 0 aliphatic carbocycles. The summed E-state index contributed by atoms with van der Waals surface area (Å²) in [5, 5.41) is 3.37. The molecular formula is C14H15N5. The van der Waals surface area contributed by atoms with Crippen LogP contribution in [0.15, 0.2) is 36.8 Å². The maximum atomic E-state index is 4.41. The van der Waals surface area contributed by atoms with Gasteiger partial charge in [0.25, 0.3) is 0 Å². The largest absolute Gasteiger partial charge is 0.385 e. The lowest BCUT2D eigenvalue weighted by Gasteiger charge is -2.05. The number of nitrogens with one attached hydrogen (secondary N) is 2.